The van der Waals surface area contributed by atoms with Crippen LogP contribution < -0.4 is 0 Å². The van der Waals surface area contributed by atoms with Crippen LogP contribution >= 0.6 is 0 Å². The lowest BCUT2D eigenvalue weighted by atomic mass is 9.99. The molecule has 1 fully saturated rings. The molecule has 114 valence electrons. The van der Waals surface area contributed by atoms with Crippen molar-refractivity contribution in [2.75, 3.05) is 20.1 Å². The van der Waals surface area contributed by atoms with Crippen LogP contribution in [0.15, 0.2) is 22.8 Å². The molecule has 1 atom stereocenters. The second kappa shape index (κ2) is 5.59. The van der Waals surface area contributed by atoms with Gasteiger partial charge < -0.3 is 19.3 Å². The maximum atomic E-state index is 12.3. The van der Waals surface area contributed by atoms with Crippen LogP contribution in [0.5, 0.6) is 0 Å². The van der Waals surface area contributed by atoms with Gasteiger partial charge in [-0.2, -0.15) is 0 Å². The Labute approximate surface area is 122 Å². The molecule has 2 amide bonds. The van der Waals surface area contributed by atoms with Crippen LogP contribution in [0.1, 0.15) is 30.3 Å². The maximum absolute atomic E-state index is 12.3. The third-order valence-corrected chi connectivity index (χ3v) is 3.85. The highest BCUT2D eigenvalue weighted by Crippen LogP contribution is 2.29. The summed E-state index contributed by atoms with van der Waals surface area (Å²) in [4.78, 5) is 38.2. The molecule has 2 rings (SSSR count). The summed E-state index contributed by atoms with van der Waals surface area (Å²) in [5, 5.41) is 9.30. The third kappa shape index (κ3) is 2.76. The molecule has 1 aromatic heterocycles. The van der Waals surface area contributed by atoms with E-state index in [4.69, 9.17) is 4.42 Å². The van der Waals surface area contributed by atoms with Crippen LogP contribution in [0.25, 0.3) is 0 Å². The lowest BCUT2D eigenvalue weighted by molar-refractivity contribution is -0.155. The van der Waals surface area contributed by atoms with Gasteiger partial charge in [0.1, 0.15) is 5.54 Å². The standard InChI is InChI=1S/C14H18N2O5/c1-14(13(19)20)6-4-7-16(14)11(17)9-15(2)12(18)10-5-3-8-21-10/h3,5,8H,4,6-7,9H2,1-2H3,(H,19,20). The summed E-state index contributed by atoms with van der Waals surface area (Å²) in [7, 11) is 1.48. The van der Waals surface area contributed by atoms with E-state index in [-0.39, 0.29) is 18.2 Å². The molecule has 2 heterocycles. The zero-order chi connectivity index (χ0) is 15.6. The van der Waals surface area contributed by atoms with Gasteiger partial charge in [0.05, 0.1) is 12.8 Å². The first-order chi connectivity index (χ1) is 9.86. The first-order valence-electron chi connectivity index (χ1n) is 6.69. The van der Waals surface area contributed by atoms with Gasteiger partial charge >= 0.3 is 5.97 Å². The number of hydrogen-bond donors (Lipinski definition) is 1. The molecule has 0 radical (unpaired) electrons. The van der Waals surface area contributed by atoms with Crippen LogP contribution in [0, 0.1) is 0 Å². The minimum absolute atomic E-state index is 0.146. The first kappa shape index (κ1) is 15.1. The van der Waals surface area contributed by atoms with Crippen molar-refractivity contribution in [3.63, 3.8) is 0 Å². The van der Waals surface area contributed by atoms with Crippen molar-refractivity contribution in [1.29, 1.82) is 0 Å². The van der Waals surface area contributed by atoms with Gasteiger partial charge in [-0.05, 0) is 31.9 Å². The van der Waals surface area contributed by atoms with Crippen LogP contribution in [-0.2, 0) is 9.59 Å². The zero-order valence-corrected chi connectivity index (χ0v) is 12.0. The van der Waals surface area contributed by atoms with E-state index in [0.29, 0.717) is 19.4 Å². The van der Waals surface area contributed by atoms with E-state index in [0.717, 1.165) is 0 Å². The van der Waals surface area contributed by atoms with Crippen LogP contribution in [-0.4, -0.2) is 58.4 Å². The van der Waals surface area contributed by atoms with Gasteiger partial charge in [-0.1, -0.05) is 0 Å². The molecular weight excluding hydrogens is 276 g/mol. The van der Waals surface area contributed by atoms with E-state index in [1.807, 2.05) is 0 Å². The molecule has 7 heteroatoms. The predicted octanol–water partition coefficient (Wildman–Crippen LogP) is 0.817. The van der Waals surface area contributed by atoms with Crippen molar-refractivity contribution in [2.24, 2.45) is 0 Å². The van der Waals surface area contributed by atoms with Crippen molar-refractivity contribution in [3.05, 3.63) is 24.2 Å². The summed E-state index contributed by atoms with van der Waals surface area (Å²) in [6, 6.07) is 3.10. The number of amides is 2. The molecule has 1 aliphatic rings. The fraction of sp³-hybridized carbons (Fsp3) is 0.500. The number of likely N-dealkylation sites (N-methyl/N-ethyl adjacent to an activating group) is 1. The predicted molar refractivity (Wildman–Crippen MR) is 72.7 cm³/mol. The highest BCUT2D eigenvalue weighted by atomic mass is 16.4. The average molecular weight is 294 g/mol. The highest BCUT2D eigenvalue weighted by molar-refractivity contribution is 5.95. The lowest BCUT2D eigenvalue weighted by Gasteiger charge is -2.32. The lowest BCUT2D eigenvalue weighted by Crippen LogP contribution is -2.53. The second-order valence-corrected chi connectivity index (χ2v) is 5.37. The maximum Gasteiger partial charge on any atom is 0.329 e. The number of carboxylic acids is 1. The molecule has 0 bridgehead atoms. The number of likely N-dealkylation sites (tertiary alicyclic amines) is 1. The smallest absolute Gasteiger partial charge is 0.329 e. The molecule has 0 aliphatic carbocycles. The van der Waals surface area contributed by atoms with Gasteiger partial charge in [-0.25, -0.2) is 4.79 Å². The van der Waals surface area contributed by atoms with Gasteiger partial charge in [-0.15, -0.1) is 0 Å². The molecule has 7 nitrogen and oxygen atoms in total. The summed E-state index contributed by atoms with van der Waals surface area (Å²) in [6.45, 7) is 1.75. The molecule has 1 unspecified atom stereocenters. The molecule has 0 aromatic carbocycles. The van der Waals surface area contributed by atoms with E-state index < -0.39 is 17.4 Å². The third-order valence-electron chi connectivity index (χ3n) is 3.85. The number of rotatable bonds is 4. The van der Waals surface area contributed by atoms with Gasteiger partial charge in [0, 0.05) is 13.6 Å². The Bertz CT molecular complexity index is 554. The Hall–Kier alpha value is -2.31. The topological polar surface area (TPSA) is 91.1 Å². The van der Waals surface area contributed by atoms with Gasteiger partial charge in [0.2, 0.25) is 5.91 Å². The summed E-state index contributed by atoms with van der Waals surface area (Å²) in [6.07, 6.45) is 2.44. The SMILES string of the molecule is CN(CC(=O)N1CCCC1(C)C(=O)O)C(=O)c1ccco1. The Morgan fingerprint density at radius 1 is 1.48 bits per heavy atom. The number of carboxylic acid groups (broad SMARTS) is 1. The van der Waals surface area contributed by atoms with Crippen LogP contribution in [0.2, 0.25) is 0 Å². The first-order valence-corrected chi connectivity index (χ1v) is 6.69. The highest BCUT2D eigenvalue weighted by Gasteiger charge is 2.46. The van der Waals surface area contributed by atoms with E-state index in [2.05, 4.69) is 0 Å². The molecule has 1 aromatic rings. The molecular formula is C14H18N2O5. The summed E-state index contributed by atoms with van der Waals surface area (Å²) < 4.78 is 4.99. The van der Waals surface area contributed by atoms with Gasteiger partial charge in [-0.3, -0.25) is 9.59 Å². The second-order valence-electron chi connectivity index (χ2n) is 5.37. The molecule has 21 heavy (non-hydrogen) atoms. The Kier molecular flexibility index (Phi) is 4.02. The van der Waals surface area contributed by atoms with Crippen molar-refractivity contribution in [2.45, 2.75) is 25.3 Å². The summed E-state index contributed by atoms with van der Waals surface area (Å²) >= 11 is 0. The minimum atomic E-state index is -1.19. The normalized spacial score (nSPS) is 21.3. The zero-order valence-electron chi connectivity index (χ0n) is 12.0. The van der Waals surface area contributed by atoms with E-state index >= 15 is 0 Å². The molecule has 0 spiro atoms. The fourth-order valence-corrected chi connectivity index (χ4v) is 2.53. The van der Waals surface area contributed by atoms with Crippen molar-refractivity contribution >= 4 is 17.8 Å². The van der Waals surface area contributed by atoms with E-state index in [9.17, 15) is 19.5 Å². The number of aliphatic carboxylic acids is 1. The molecule has 0 saturated carbocycles. The summed E-state index contributed by atoms with van der Waals surface area (Å²) in [5.74, 6) is -1.66. The Morgan fingerprint density at radius 3 is 2.76 bits per heavy atom. The van der Waals surface area contributed by atoms with Gasteiger partial charge in [0.25, 0.3) is 5.91 Å². The van der Waals surface area contributed by atoms with E-state index in [1.165, 1.54) is 36.1 Å². The number of hydrogen-bond acceptors (Lipinski definition) is 4. The van der Waals surface area contributed by atoms with Crippen molar-refractivity contribution in [3.8, 4) is 0 Å². The molecule has 1 aliphatic heterocycles. The monoisotopic (exact) mass is 294 g/mol. The number of carbonyl (C=O) groups excluding carboxylic acids is 2. The largest absolute Gasteiger partial charge is 0.480 e. The van der Waals surface area contributed by atoms with Crippen LogP contribution in [0.4, 0.5) is 0 Å². The van der Waals surface area contributed by atoms with E-state index in [1.54, 1.807) is 6.07 Å². The summed E-state index contributed by atoms with van der Waals surface area (Å²) in [5.41, 5.74) is -1.19. The number of carbonyl (C=O) groups is 3. The average Bonchev–Trinajstić information content (AvgIpc) is 3.07. The van der Waals surface area contributed by atoms with Crippen molar-refractivity contribution in [1.82, 2.24) is 9.80 Å². The number of furan rings is 1. The Morgan fingerprint density at radius 2 is 2.19 bits per heavy atom. The number of nitrogens with zero attached hydrogens (tertiary/aromatic N) is 2. The molecule has 1 N–H and O–H groups in total. The van der Waals surface area contributed by atoms with Crippen molar-refractivity contribution < 1.29 is 23.9 Å². The van der Waals surface area contributed by atoms with Gasteiger partial charge in [0.15, 0.2) is 5.76 Å². The Balaban J connectivity index is 2.04. The van der Waals surface area contributed by atoms with Crippen LogP contribution in [0.3, 0.4) is 0 Å². The molecule has 1 saturated heterocycles. The minimum Gasteiger partial charge on any atom is -0.480 e. The quantitative estimate of drug-likeness (QED) is 0.887. The fourth-order valence-electron chi connectivity index (χ4n) is 2.53.